The molecule has 0 radical (unpaired) electrons. The first-order valence-electron chi connectivity index (χ1n) is 9.54. The van der Waals surface area contributed by atoms with E-state index in [0.717, 1.165) is 3.57 Å². The van der Waals surface area contributed by atoms with E-state index in [1.807, 2.05) is 6.92 Å². The van der Waals surface area contributed by atoms with Crippen molar-refractivity contribution in [3.63, 3.8) is 0 Å². The van der Waals surface area contributed by atoms with Crippen LogP contribution >= 0.6 is 35.2 Å². The van der Waals surface area contributed by atoms with Gasteiger partial charge in [-0.05, 0) is 78.4 Å². The van der Waals surface area contributed by atoms with E-state index < -0.39 is 18.2 Å². The van der Waals surface area contributed by atoms with E-state index in [2.05, 4.69) is 40.5 Å². The first-order valence-corrected chi connectivity index (χ1v) is 11.3. The average Bonchev–Trinajstić information content (AvgIpc) is 2.74. The Morgan fingerprint density at radius 3 is 2.45 bits per heavy atom. The van der Waals surface area contributed by atoms with E-state index in [1.165, 1.54) is 6.92 Å². The molecule has 0 aliphatic heterocycles. The molecule has 1 amide bonds. The predicted molar refractivity (Wildman–Crippen MR) is 129 cm³/mol. The van der Waals surface area contributed by atoms with Crippen LogP contribution in [0.3, 0.4) is 0 Å². The maximum Gasteiger partial charge on any atom is 0.412 e. The summed E-state index contributed by atoms with van der Waals surface area (Å²) in [5.41, 5.74) is 1.46. The molecule has 0 spiro atoms. The van der Waals surface area contributed by atoms with Crippen molar-refractivity contribution in [3.8, 4) is 5.75 Å². The minimum atomic E-state index is -0.777. The molecule has 0 saturated carbocycles. The number of hydrogen-bond donors (Lipinski definition) is 3. The van der Waals surface area contributed by atoms with E-state index in [4.69, 9.17) is 9.47 Å². The summed E-state index contributed by atoms with van der Waals surface area (Å²) in [4.78, 5) is 35.3. The number of Topliss-reactive ketones (excluding diaryl/α,β-unsaturated/α-hetero) is 1. The first-order chi connectivity index (χ1) is 14.7. The summed E-state index contributed by atoms with van der Waals surface area (Å²) in [7, 11) is 0. The Labute approximate surface area is 200 Å². The summed E-state index contributed by atoms with van der Waals surface area (Å²) in [6, 6.07) is 11.5. The molecule has 0 aromatic heterocycles. The van der Waals surface area contributed by atoms with Crippen LogP contribution < -0.4 is 5.32 Å². The molecule has 0 fully saturated rings. The van der Waals surface area contributed by atoms with Crippen LogP contribution in [-0.2, 0) is 14.3 Å². The monoisotopic (exact) mass is 557 g/mol. The van der Waals surface area contributed by atoms with Gasteiger partial charge >= 0.3 is 12.1 Å². The highest BCUT2D eigenvalue weighted by Gasteiger charge is 2.27. The number of carbonyl (C=O) groups is 3. The predicted octanol–water partition coefficient (Wildman–Crippen LogP) is 4.99. The highest BCUT2D eigenvalue weighted by atomic mass is 127. The second kappa shape index (κ2) is 11.9. The van der Waals surface area contributed by atoms with Crippen molar-refractivity contribution in [1.82, 2.24) is 0 Å². The Morgan fingerprint density at radius 2 is 1.84 bits per heavy atom. The number of phenolic OH excluding ortho intramolecular Hbond substituents is 1. The van der Waals surface area contributed by atoms with Gasteiger partial charge in [-0.1, -0.05) is 6.92 Å². The number of phenols is 1. The fourth-order valence-electron chi connectivity index (χ4n) is 2.85. The molecule has 7 nitrogen and oxygen atoms in total. The molecule has 2 rings (SSSR count). The number of esters is 1. The molecule has 2 aromatic carbocycles. The van der Waals surface area contributed by atoms with Crippen molar-refractivity contribution in [2.45, 2.75) is 26.4 Å². The minimum Gasteiger partial charge on any atom is -0.508 e. The Hall–Kier alpha value is -2.27. The number of ether oxygens (including phenoxy) is 2. The molecule has 166 valence electrons. The molecule has 0 aliphatic carbocycles. The van der Waals surface area contributed by atoms with E-state index in [9.17, 15) is 19.5 Å². The van der Waals surface area contributed by atoms with E-state index in [1.54, 1.807) is 42.5 Å². The molecule has 0 unspecified atom stereocenters. The summed E-state index contributed by atoms with van der Waals surface area (Å²) in [6.45, 7) is 3.44. The van der Waals surface area contributed by atoms with Crippen LogP contribution in [0.5, 0.6) is 5.75 Å². The number of nitrogens with one attached hydrogen (secondary N) is 1. The van der Waals surface area contributed by atoms with Gasteiger partial charge in [0.1, 0.15) is 11.9 Å². The molecule has 31 heavy (non-hydrogen) atoms. The lowest BCUT2D eigenvalue weighted by molar-refractivity contribution is -0.141. The van der Waals surface area contributed by atoms with E-state index in [-0.39, 0.29) is 29.8 Å². The largest absolute Gasteiger partial charge is 0.508 e. The van der Waals surface area contributed by atoms with Crippen molar-refractivity contribution in [3.05, 3.63) is 57.2 Å². The molecule has 0 bridgehead atoms. The van der Waals surface area contributed by atoms with Crippen LogP contribution in [0, 0.1) is 9.49 Å². The molecule has 9 heteroatoms. The topological polar surface area (TPSA) is 102 Å². The number of anilines is 1. The van der Waals surface area contributed by atoms with Gasteiger partial charge in [-0.15, -0.1) is 0 Å². The lowest BCUT2D eigenvalue weighted by atomic mass is 9.94. The molecule has 0 aliphatic rings. The summed E-state index contributed by atoms with van der Waals surface area (Å²) in [5, 5.41) is 13.0. The third-order valence-corrected chi connectivity index (χ3v) is 5.48. The number of aromatic hydroxyl groups is 1. The standard InChI is InChI=1S/C22H24INO6S/c1-13(9-10-29-20(27)12-31)21(18-11-16(23)5-8-19(18)26)30-22(28)24-17-6-3-15(4-7-17)14(2)25/h3-8,11,13,21,26,31H,9-10,12H2,1-2H3,(H,24,28)/t13-,21-/m0/s1. The zero-order valence-corrected chi connectivity index (χ0v) is 20.2. The summed E-state index contributed by atoms with van der Waals surface area (Å²) >= 11 is 5.98. The molecule has 2 aromatic rings. The van der Waals surface area contributed by atoms with Crippen molar-refractivity contribution in [2.75, 3.05) is 17.7 Å². The fraction of sp³-hybridized carbons (Fsp3) is 0.318. The quantitative estimate of drug-likeness (QED) is 0.174. The van der Waals surface area contributed by atoms with Crippen molar-refractivity contribution in [2.24, 2.45) is 5.92 Å². The number of rotatable bonds is 9. The Morgan fingerprint density at radius 1 is 1.16 bits per heavy atom. The highest BCUT2D eigenvalue weighted by molar-refractivity contribution is 14.1. The number of amides is 1. The zero-order chi connectivity index (χ0) is 23.0. The highest BCUT2D eigenvalue weighted by Crippen LogP contribution is 2.35. The van der Waals surface area contributed by atoms with Gasteiger partial charge in [0, 0.05) is 26.3 Å². The van der Waals surface area contributed by atoms with Gasteiger partial charge in [-0.2, -0.15) is 12.6 Å². The second-order valence-corrected chi connectivity index (χ2v) is 8.49. The Balaban J connectivity index is 2.15. The van der Waals surface area contributed by atoms with Gasteiger partial charge < -0.3 is 14.6 Å². The van der Waals surface area contributed by atoms with Gasteiger partial charge in [-0.3, -0.25) is 14.9 Å². The molecular formula is C22H24INO6S. The Bertz CT molecular complexity index is 934. The lowest BCUT2D eigenvalue weighted by Crippen LogP contribution is -2.23. The number of hydrogen-bond acceptors (Lipinski definition) is 7. The SMILES string of the molecule is CC(=O)c1ccc(NC(=O)O[C@H](c2cc(I)ccc2O)[C@@H](C)CCOC(=O)CS)cc1. The summed E-state index contributed by atoms with van der Waals surface area (Å²) in [5.74, 6) is -0.782. The van der Waals surface area contributed by atoms with Gasteiger partial charge in [0.25, 0.3) is 0 Å². The van der Waals surface area contributed by atoms with Gasteiger partial charge in [0.15, 0.2) is 5.78 Å². The smallest absolute Gasteiger partial charge is 0.412 e. The summed E-state index contributed by atoms with van der Waals surface area (Å²) < 4.78 is 11.6. The van der Waals surface area contributed by atoms with Gasteiger partial charge in [0.2, 0.25) is 0 Å². The number of halogens is 1. The molecule has 2 atom stereocenters. The van der Waals surface area contributed by atoms with Gasteiger partial charge in [-0.25, -0.2) is 4.79 Å². The fourth-order valence-corrected chi connectivity index (χ4v) is 3.45. The van der Waals surface area contributed by atoms with Gasteiger partial charge in [0.05, 0.1) is 12.4 Å². The average molecular weight is 557 g/mol. The van der Waals surface area contributed by atoms with Crippen LogP contribution in [0.25, 0.3) is 0 Å². The Kier molecular flexibility index (Phi) is 9.63. The third kappa shape index (κ3) is 7.73. The maximum atomic E-state index is 12.6. The van der Waals surface area contributed by atoms with Crippen LogP contribution in [0.1, 0.15) is 42.3 Å². The third-order valence-electron chi connectivity index (χ3n) is 4.55. The molecule has 0 heterocycles. The van der Waals surface area contributed by atoms with Crippen LogP contribution in [0.4, 0.5) is 10.5 Å². The van der Waals surface area contributed by atoms with Crippen molar-refractivity contribution < 1.29 is 29.0 Å². The van der Waals surface area contributed by atoms with Crippen LogP contribution in [-0.4, -0.2) is 35.3 Å². The normalized spacial score (nSPS) is 12.5. The second-order valence-electron chi connectivity index (χ2n) is 6.93. The zero-order valence-electron chi connectivity index (χ0n) is 17.1. The number of carbonyl (C=O) groups excluding carboxylic acids is 3. The lowest BCUT2D eigenvalue weighted by Gasteiger charge is -2.25. The number of thiol groups is 1. The van der Waals surface area contributed by atoms with Crippen LogP contribution in [0.2, 0.25) is 0 Å². The van der Waals surface area contributed by atoms with Crippen molar-refractivity contribution >= 4 is 58.8 Å². The molecule has 2 N–H and O–H groups in total. The van der Waals surface area contributed by atoms with E-state index >= 15 is 0 Å². The molecule has 0 saturated heterocycles. The molecular weight excluding hydrogens is 533 g/mol. The maximum absolute atomic E-state index is 12.6. The number of benzene rings is 2. The van der Waals surface area contributed by atoms with Crippen LogP contribution in [0.15, 0.2) is 42.5 Å². The number of ketones is 1. The first kappa shape index (κ1) is 25.0. The minimum absolute atomic E-state index is 0.00299. The van der Waals surface area contributed by atoms with Crippen molar-refractivity contribution in [1.29, 1.82) is 0 Å². The van der Waals surface area contributed by atoms with E-state index in [0.29, 0.717) is 23.2 Å². The summed E-state index contributed by atoms with van der Waals surface area (Å²) in [6.07, 6.45) is -1.07.